The van der Waals surface area contributed by atoms with Crippen molar-refractivity contribution >= 4 is 27.2 Å². The van der Waals surface area contributed by atoms with Gasteiger partial charge in [-0.15, -0.1) is 0 Å². The fraction of sp³-hybridized carbons (Fsp3) is 0.353. The second-order valence-electron chi connectivity index (χ2n) is 6.03. The summed E-state index contributed by atoms with van der Waals surface area (Å²) in [7, 11) is -3.79. The molecule has 0 atom stereocenters. The maximum Gasteiger partial charge on any atom is 0.313 e. The minimum Gasteiger partial charge on any atom is -0.493 e. The van der Waals surface area contributed by atoms with Crippen molar-refractivity contribution in [2.75, 3.05) is 12.5 Å². The predicted molar refractivity (Wildman–Crippen MR) is 98.8 cm³/mol. The number of primary amides is 1. The van der Waals surface area contributed by atoms with E-state index in [2.05, 4.69) is 5.32 Å². The Morgan fingerprint density at radius 3 is 2.56 bits per heavy atom. The van der Waals surface area contributed by atoms with Gasteiger partial charge in [0.2, 0.25) is 0 Å². The van der Waals surface area contributed by atoms with E-state index in [9.17, 15) is 13.2 Å². The normalized spacial score (nSPS) is 12.0. The van der Waals surface area contributed by atoms with Crippen LogP contribution in [0.1, 0.15) is 31.9 Å². The number of carbonyl (C=O) groups excluding carboxylic acids is 1. The van der Waals surface area contributed by atoms with Crippen LogP contribution in [0.5, 0.6) is 5.75 Å². The molecule has 0 bridgehead atoms. The van der Waals surface area contributed by atoms with E-state index in [4.69, 9.17) is 10.5 Å². The summed E-state index contributed by atoms with van der Waals surface area (Å²) >= 11 is 1.59. The number of sulfone groups is 1. The van der Waals surface area contributed by atoms with Crippen molar-refractivity contribution < 1.29 is 17.9 Å². The van der Waals surface area contributed by atoms with E-state index < -0.39 is 21.7 Å². The number of carbonyl (C=O) groups is 1. The maximum atomic E-state index is 12.6. The summed E-state index contributed by atoms with van der Waals surface area (Å²) in [4.78, 5) is 10.9. The lowest BCUT2D eigenvalue weighted by Crippen LogP contribution is -2.34. The molecular formula is C17H22N2O4S2. The SMILES string of the molecule is CCOc1ccc(C(C)(C)c2ccsc2)cc1S(=O)(=O)CNC(N)=O. The van der Waals surface area contributed by atoms with Gasteiger partial charge >= 0.3 is 6.03 Å². The van der Waals surface area contributed by atoms with E-state index in [0.29, 0.717) is 6.61 Å². The van der Waals surface area contributed by atoms with Gasteiger partial charge in [-0.25, -0.2) is 13.2 Å². The first kappa shape index (κ1) is 19.3. The topological polar surface area (TPSA) is 98.5 Å². The molecule has 0 saturated heterocycles. The average Bonchev–Trinajstić information content (AvgIpc) is 3.09. The Bertz CT molecular complexity index is 844. The van der Waals surface area contributed by atoms with Crippen molar-refractivity contribution in [2.45, 2.75) is 31.1 Å². The van der Waals surface area contributed by atoms with Crippen molar-refractivity contribution in [3.63, 3.8) is 0 Å². The van der Waals surface area contributed by atoms with Crippen molar-refractivity contribution in [1.82, 2.24) is 5.32 Å². The van der Waals surface area contributed by atoms with E-state index in [-0.39, 0.29) is 16.1 Å². The fourth-order valence-electron chi connectivity index (χ4n) is 2.45. The average molecular weight is 383 g/mol. The number of hydrogen-bond donors (Lipinski definition) is 2. The Hall–Kier alpha value is -2.06. The van der Waals surface area contributed by atoms with Gasteiger partial charge in [0.25, 0.3) is 0 Å². The Morgan fingerprint density at radius 1 is 1.28 bits per heavy atom. The Balaban J connectivity index is 2.52. The molecule has 0 aliphatic rings. The van der Waals surface area contributed by atoms with Crippen LogP contribution in [0.4, 0.5) is 4.79 Å². The molecule has 25 heavy (non-hydrogen) atoms. The molecule has 0 radical (unpaired) electrons. The molecule has 0 fully saturated rings. The summed E-state index contributed by atoms with van der Waals surface area (Å²) in [5.74, 6) is -0.316. The Morgan fingerprint density at radius 2 is 2.00 bits per heavy atom. The number of hydrogen-bond acceptors (Lipinski definition) is 5. The van der Waals surface area contributed by atoms with Gasteiger partial charge in [0.15, 0.2) is 9.84 Å². The molecule has 0 aliphatic carbocycles. The number of thiophene rings is 1. The monoisotopic (exact) mass is 382 g/mol. The highest BCUT2D eigenvalue weighted by atomic mass is 32.2. The van der Waals surface area contributed by atoms with Crippen molar-refractivity contribution in [1.29, 1.82) is 0 Å². The number of nitrogens with two attached hydrogens (primary N) is 1. The second kappa shape index (κ2) is 7.45. The van der Waals surface area contributed by atoms with Crippen LogP contribution in [0.2, 0.25) is 0 Å². The molecule has 2 amide bonds. The zero-order chi connectivity index (χ0) is 18.7. The first-order valence-corrected chi connectivity index (χ1v) is 10.3. The van der Waals surface area contributed by atoms with Crippen LogP contribution < -0.4 is 15.8 Å². The lowest BCUT2D eigenvalue weighted by atomic mass is 9.79. The number of ether oxygens (including phenoxy) is 1. The Labute approximate surface area is 151 Å². The smallest absolute Gasteiger partial charge is 0.313 e. The number of nitrogens with one attached hydrogen (secondary N) is 1. The highest BCUT2D eigenvalue weighted by Gasteiger charge is 2.28. The molecule has 2 aromatic rings. The molecule has 2 rings (SSSR count). The van der Waals surface area contributed by atoms with Crippen LogP contribution in [0, 0.1) is 0 Å². The molecule has 0 unspecified atom stereocenters. The van der Waals surface area contributed by atoms with Gasteiger partial charge in [-0.2, -0.15) is 11.3 Å². The van der Waals surface area contributed by atoms with Crippen LogP contribution in [0.25, 0.3) is 0 Å². The maximum absolute atomic E-state index is 12.6. The van der Waals surface area contributed by atoms with Crippen molar-refractivity contribution in [3.05, 3.63) is 46.2 Å². The van der Waals surface area contributed by atoms with Crippen LogP contribution in [-0.4, -0.2) is 26.9 Å². The molecule has 0 spiro atoms. The third kappa shape index (κ3) is 4.32. The van der Waals surface area contributed by atoms with Crippen LogP contribution in [0.3, 0.4) is 0 Å². The lowest BCUT2D eigenvalue weighted by molar-refractivity contribution is 0.250. The number of amides is 2. The zero-order valence-corrected chi connectivity index (χ0v) is 16.0. The van der Waals surface area contributed by atoms with Gasteiger partial charge in [-0.1, -0.05) is 19.9 Å². The fourth-order valence-corrected chi connectivity index (χ4v) is 4.50. The standard InChI is InChI=1S/C17H22N2O4S2/c1-4-23-14-6-5-12(17(2,3)13-7-8-24-10-13)9-15(14)25(21,22)11-19-16(18)20/h5-10H,4,11H2,1-3H3,(H3,18,19,20). The molecule has 0 saturated carbocycles. The van der Waals surface area contributed by atoms with E-state index in [1.807, 2.05) is 36.7 Å². The number of benzene rings is 1. The highest BCUT2D eigenvalue weighted by Crippen LogP contribution is 2.36. The molecule has 1 aromatic heterocycles. The van der Waals surface area contributed by atoms with Crippen LogP contribution in [-0.2, 0) is 15.3 Å². The predicted octanol–water partition coefficient (Wildman–Crippen LogP) is 2.87. The molecule has 1 heterocycles. The van der Waals surface area contributed by atoms with E-state index in [1.54, 1.807) is 30.4 Å². The van der Waals surface area contributed by atoms with Gasteiger partial charge in [0.1, 0.15) is 16.5 Å². The summed E-state index contributed by atoms with van der Waals surface area (Å²) < 4.78 is 30.8. The van der Waals surface area contributed by atoms with E-state index in [1.165, 1.54) is 0 Å². The molecule has 136 valence electrons. The molecule has 3 N–H and O–H groups in total. The van der Waals surface area contributed by atoms with Gasteiger partial charge in [-0.3, -0.25) is 0 Å². The summed E-state index contributed by atoms with van der Waals surface area (Å²) in [5.41, 5.74) is 6.56. The summed E-state index contributed by atoms with van der Waals surface area (Å²) in [6.45, 7) is 6.17. The minimum atomic E-state index is -3.79. The van der Waals surface area contributed by atoms with E-state index >= 15 is 0 Å². The largest absolute Gasteiger partial charge is 0.493 e. The van der Waals surface area contributed by atoms with Gasteiger partial charge in [0, 0.05) is 5.41 Å². The number of rotatable bonds is 7. The summed E-state index contributed by atoms with van der Waals surface area (Å²) in [5, 5.41) is 6.16. The Kier molecular flexibility index (Phi) is 5.74. The zero-order valence-electron chi connectivity index (χ0n) is 14.4. The summed E-state index contributed by atoms with van der Waals surface area (Å²) in [6, 6.07) is 6.26. The quantitative estimate of drug-likeness (QED) is 0.769. The van der Waals surface area contributed by atoms with Crippen LogP contribution in [0.15, 0.2) is 39.9 Å². The molecule has 6 nitrogen and oxygen atoms in total. The molecule has 1 aromatic carbocycles. The third-order valence-electron chi connectivity index (χ3n) is 3.98. The lowest BCUT2D eigenvalue weighted by Gasteiger charge is -2.26. The van der Waals surface area contributed by atoms with E-state index in [0.717, 1.165) is 11.1 Å². The van der Waals surface area contributed by atoms with Crippen molar-refractivity contribution in [2.24, 2.45) is 5.73 Å². The first-order chi connectivity index (χ1) is 11.7. The number of urea groups is 1. The molecule has 0 aliphatic heterocycles. The molecule has 8 heteroatoms. The third-order valence-corrected chi connectivity index (χ3v) is 6.18. The second-order valence-corrected chi connectivity index (χ2v) is 8.77. The highest BCUT2D eigenvalue weighted by molar-refractivity contribution is 7.91. The summed E-state index contributed by atoms with van der Waals surface area (Å²) in [6.07, 6.45) is 0. The van der Waals surface area contributed by atoms with Gasteiger partial charge in [0.05, 0.1) is 6.61 Å². The van der Waals surface area contributed by atoms with Crippen molar-refractivity contribution in [3.8, 4) is 5.75 Å². The molecular weight excluding hydrogens is 360 g/mol. The van der Waals surface area contributed by atoms with Gasteiger partial charge in [-0.05, 0) is 47.0 Å². The minimum absolute atomic E-state index is 0.0453. The first-order valence-electron chi connectivity index (χ1n) is 7.74. The van der Waals surface area contributed by atoms with Crippen LogP contribution >= 0.6 is 11.3 Å². The van der Waals surface area contributed by atoms with Gasteiger partial charge < -0.3 is 15.8 Å².